The van der Waals surface area contributed by atoms with Crippen molar-refractivity contribution in [3.05, 3.63) is 28.8 Å². The Bertz CT molecular complexity index is 890. The molecule has 0 aromatic heterocycles. The molecule has 8 heteroatoms. The third-order valence-corrected chi connectivity index (χ3v) is 9.00. The summed E-state index contributed by atoms with van der Waals surface area (Å²) in [7, 11) is -3.82. The van der Waals surface area contributed by atoms with Crippen molar-refractivity contribution in [3.63, 3.8) is 0 Å². The number of ether oxygens (including phenoxy) is 1. The van der Waals surface area contributed by atoms with E-state index in [-0.39, 0.29) is 47.2 Å². The highest BCUT2D eigenvalue weighted by atomic mass is 35.5. The molecule has 0 N–H and O–H groups in total. The lowest BCUT2D eigenvalue weighted by molar-refractivity contribution is -0.0440. The van der Waals surface area contributed by atoms with Crippen LogP contribution >= 0.6 is 11.6 Å². The van der Waals surface area contributed by atoms with Crippen molar-refractivity contribution in [2.45, 2.75) is 75.5 Å². The van der Waals surface area contributed by atoms with Crippen molar-refractivity contribution >= 4 is 27.5 Å². The molecule has 1 saturated carbocycles. The molecule has 166 valence electrons. The monoisotopic (exact) mass is 454 g/mol. The van der Waals surface area contributed by atoms with Crippen molar-refractivity contribution < 1.29 is 17.9 Å². The third-order valence-electron chi connectivity index (χ3n) is 6.69. The molecule has 1 amide bonds. The lowest BCUT2D eigenvalue weighted by Crippen LogP contribution is -2.48. The van der Waals surface area contributed by atoms with Crippen LogP contribution in [0.5, 0.6) is 0 Å². The van der Waals surface area contributed by atoms with E-state index in [0.29, 0.717) is 11.5 Å². The molecule has 0 spiro atoms. The third kappa shape index (κ3) is 4.27. The van der Waals surface area contributed by atoms with Crippen molar-refractivity contribution in [2.24, 2.45) is 5.92 Å². The molecule has 1 aliphatic carbocycles. The zero-order valence-electron chi connectivity index (χ0n) is 17.7. The first-order valence-corrected chi connectivity index (χ1v) is 12.9. The van der Waals surface area contributed by atoms with Gasteiger partial charge in [0.15, 0.2) is 0 Å². The van der Waals surface area contributed by atoms with Crippen LogP contribution < -0.4 is 0 Å². The fourth-order valence-corrected chi connectivity index (χ4v) is 7.43. The van der Waals surface area contributed by atoms with Gasteiger partial charge in [0.2, 0.25) is 10.0 Å². The molecule has 6 nitrogen and oxygen atoms in total. The van der Waals surface area contributed by atoms with Crippen LogP contribution in [0.3, 0.4) is 0 Å². The molecule has 1 aromatic rings. The van der Waals surface area contributed by atoms with E-state index >= 15 is 0 Å². The molecule has 2 heterocycles. The molecule has 3 fully saturated rings. The van der Waals surface area contributed by atoms with Crippen LogP contribution in [0.15, 0.2) is 23.1 Å². The Balaban J connectivity index is 1.60. The highest BCUT2D eigenvalue weighted by molar-refractivity contribution is 7.89. The number of rotatable bonds is 4. The van der Waals surface area contributed by atoms with Crippen LogP contribution in [-0.2, 0) is 14.8 Å². The fourth-order valence-electron chi connectivity index (χ4n) is 5.34. The number of likely N-dealkylation sites (tertiary alicyclic amines) is 1. The topological polar surface area (TPSA) is 66.9 Å². The number of hydrogen-bond donors (Lipinski definition) is 0. The molecular formula is C22H31ClN2O4S. The van der Waals surface area contributed by atoms with Crippen LogP contribution in [0.2, 0.25) is 5.02 Å². The van der Waals surface area contributed by atoms with Crippen molar-refractivity contribution in [1.29, 1.82) is 0 Å². The summed E-state index contributed by atoms with van der Waals surface area (Å²) in [6.45, 7) is 5.00. The number of nitrogens with zero attached hydrogens (tertiary/aromatic N) is 2. The number of sulfonamides is 1. The van der Waals surface area contributed by atoms with Gasteiger partial charge in [0, 0.05) is 31.2 Å². The SMILES string of the molecule is CC1CN(S(=O)(=O)c2cc(C(=O)N3CCCC3C3CCCC3)ccc2Cl)CC(C)O1. The summed E-state index contributed by atoms with van der Waals surface area (Å²) in [5.41, 5.74) is 0.400. The van der Waals surface area contributed by atoms with Crippen molar-refractivity contribution in [2.75, 3.05) is 19.6 Å². The highest BCUT2D eigenvalue weighted by Gasteiger charge is 2.38. The molecular weight excluding hydrogens is 424 g/mol. The Labute approximate surface area is 184 Å². The largest absolute Gasteiger partial charge is 0.373 e. The van der Waals surface area contributed by atoms with E-state index in [2.05, 4.69) is 0 Å². The molecule has 4 rings (SSSR count). The normalized spacial score (nSPS) is 28.9. The van der Waals surface area contributed by atoms with Gasteiger partial charge in [-0.3, -0.25) is 4.79 Å². The van der Waals surface area contributed by atoms with Crippen LogP contribution in [0, 0.1) is 5.92 Å². The highest BCUT2D eigenvalue weighted by Crippen LogP contribution is 2.36. The number of carbonyl (C=O) groups excluding carboxylic acids is 1. The molecule has 0 radical (unpaired) electrons. The van der Waals surface area contributed by atoms with Gasteiger partial charge in [-0.05, 0) is 63.6 Å². The molecule has 2 saturated heterocycles. The summed E-state index contributed by atoms with van der Waals surface area (Å²) in [5.74, 6) is 0.490. The molecule has 0 bridgehead atoms. The maximum absolute atomic E-state index is 13.3. The summed E-state index contributed by atoms with van der Waals surface area (Å²) in [6.07, 6.45) is 6.51. The Morgan fingerprint density at radius 3 is 2.40 bits per heavy atom. The van der Waals surface area contributed by atoms with E-state index < -0.39 is 10.0 Å². The summed E-state index contributed by atoms with van der Waals surface area (Å²) in [6, 6.07) is 4.93. The second-order valence-corrected chi connectivity index (χ2v) is 11.3. The van der Waals surface area contributed by atoms with Gasteiger partial charge < -0.3 is 9.64 Å². The standard InChI is InChI=1S/C22H31ClN2O4S/c1-15-13-24(14-16(2)29-15)30(27,28)21-12-18(9-10-19(21)23)22(26)25-11-5-8-20(25)17-6-3-4-7-17/h9-10,12,15-17,20H,3-8,11,13-14H2,1-2H3. The van der Waals surface area contributed by atoms with Crippen molar-refractivity contribution in [1.82, 2.24) is 9.21 Å². The first-order valence-electron chi connectivity index (χ1n) is 11.0. The first-order chi connectivity index (χ1) is 14.3. The number of halogens is 1. The smallest absolute Gasteiger partial charge is 0.254 e. The average Bonchev–Trinajstić information content (AvgIpc) is 3.38. The minimum absolute atomic E-state index is 0.00734. The Hall–Kier alpha value is -1.15. The van der Waals surface area contributed by atoms with Crippen LogP contribution in [-0.4, -0.2) is 61.4 Å². The van der Waals surface area contributed by atoms with E-state index in [1.54, 1.807) is 6.07 Å². The molecule has 2 aliphatic heterocycles. The van der Waals surface area contributed by atoms with E-state index in [4.69, 9.17) is 16.3 Å². The lowest BCUT2D eigenvalue weighted by Gasteiger charge is -2.34. The quantitative estimate of drug-likeness (QED) is 0.691. The summed E-state index contributed by atoms with van der Waals surface area (Å²) in [4.78, 5) is 15.3. The van der Waals surface area contributed by atoms with E-state index in [0.717, 1.165) is 19.4 Å². The first kappa shape index (κ1) is 22.1. The number of amides is 1. The van der Waals surface area contributed by atoms with E-state index in [1.807, 2.05) is 18.7 Å². The van der Waals surface area contributed by atoms with Gasteiger partial charge in [0.05, 0.1) is 17.2 Å². The Morgan fingerprint density at radius 1 is 1.07 bits per heavy atom. The van der Waals surface area contributed by atoms with Gasteiger partial charge in [-0.2, -0.15) is 4.31 Å². The maximum atomic E-state index is 13.3. The summed E-state index contributed by atoms with van der Waals surface area (Å²) >= 11 is 6.31. The van der Waals surface area contributed by atoms with Gasteiger partial charge in [0.1, 0.15) is 4.90 Å². The Kier molecular flexibility index (Phi) is 6.45. The van der Waals surface area contributed by atoms with E-state index in [1.165, 1.54) is 42.1 Å². The predicted molar refractivity (Wildman–Crippen MR) is 116 cm³/mol. The number of benzene rings is 1. The second kappa shape index (κ2) is 8.77. The van der Waals surface area contributed by atoms with Gasteiger partial charge in [-0.15, -0.1) is 0 Å². The zero-order valence-corrected chi connectivity index (χ0v) is 19.3. The lowest BCUT2D eigenvalue weighted by atomic mass is 9.95. The van der Waals surface area contributed by atoms with Crippen LogP contribution in [0.25, 0.3) is 0 Å². The number of hydrogen-bond acceptors (Lipinski definition) is 4. The minimum atomic E-state index is -3.82. The Morgan fingerprint density at radius 2 is 1.73 bits per heavy atom. The summed E-state index contributed by atoms with van der Waals surface area (Å²) < 4.78 is 33.7. The molecule has 30 heavy (non-hydrogen) atoms. The van der Waals surface area contributed by atoms with Crippen LogP contribution in [0.4, 0.5) is 0 Å². The van der Waals surface area contributed by atoms with Crippen LogP contribution in [0.1, 0.15) is 62.7 Å². The predicted octanol–water partition coefficient (Wildman–Crippen LogP) is 3.93. The second-order valence-electron chi connectivity index (χ2n) is 8.98. The molecule has 3 unspecified atom stereocenters. The van der Waals surface area contributed by atoms with Crippen molar-refractivity contribution in [3.8, 4) is 0 Å². The van der Waals surface area contributed by atoms with Gasteiger partial charge in [-0.25, -0.2) is 8.42 Å². The maximum Gasteiger partial charge on any atom is 0.254 e. The number of carbonyl (C=O) groups is 1. The van der Waals surface area contributed by atoms with Gasteiger partial charge in [-0.1, -0.05) is 24.4 Å². The number of morpholine rings is 1. The average molecular weight is 455 g/mol. The van der Waals surface area contributed by atoms with Gasteiger partial charge >= 0.3 is 0 Å². The zero-order chi connectivity index (χ0) is 21.5. The van der Waals surface area contributed by atoms with Gasteiger partial charge in [0.25, 0.3) is 5.91 Å². The van der Waals surface area contributed by atoms with E-state index in [9.17, 15) is 13.2 Å². The molecule has 1 aromatic carbocycles. The summed E-state index contributed by atoms with van der Waals surface area (Å²) in [5, 5.41) is 0.145. The molecule has 3 atom stereocenters. The minimum Gasteiger partial charge on any atom is -0.373 e. The molecule has 3 aliphatic rings. The fraction of sp³-hybridized carbons (Fsp3) is 0.682.